The van der Waals surface area contributed by atoms with Crippen molar-refractivity contribution in [1.29, 1.82) is 0 Å². The number of carbonyl (C=O) groups excluding carboxylic acids is 1. The number of carboxylic acids is 1. The van der Waals surface area contributed by atoms with Gasteiger partial charge in [-0.05, 0) is 44.5 Å². The summed E-state index contributed by atoms with van der Waals surface area (Å²) in [5.74, 6) is -0.633. The van der Waals surface area contributed by atoms with Crippen LogP contribution in [0.25, 0.3) is 0 Å². The zero-order valence-electron chi connectivity index (χ0n) is 13.7. The van der Waals surface area contributed by atoms with Crippen LogP contribution in [0.4, 0.5) is 11.6 Å². The summed E-state index contributed by atoms with van der Waals surface area (Å²) >= 11 is 0. The lowest BCUT2D eigenvalue weighted by atomic mass is 10.2. The summed E-state index contributed by atoms with van der Waals surface area (Å²) in [6.07, 6.45) is 0.926. The Hall–Kier alpha value is -2.96. The molecule has 0 saturated heterocycles. The first kappa shape index (κ1) is 17.4. The zero-order chi connectivity index (χ0) is 17.5. The average Bonchev–Trinajstić information content (AvgIpc) is 2.51. The van der Waals surface area contributed by atoms with Crippen molar-refractivity contribution in [1.82, 2.24) is 9.97 Å². The van der Waals surface area contributed by atoms with Gasteiger partial charge in [0.05, 0.1) is 5.56 Å². The fourth-order valence-electron chi connectivity index (χ4n) is 2.21. The van der Waals surface area contributed by atoms with Crippen LogP contribution in [-0.4, -0.2) is 33.5 Å². The Morgan fingerprint density at radius 2 is 1.83 bits per heavy atom. The predicted octanol–water partition coefficient (Wildman–Crippen LogP) is 2.62. The van der Waals surface area contributed by atoms with Crippen molar-refractivity contribution in [2.75, 3.05) is 17.2 Å². The Kier molecular flexibility index (Phi) is 5.83. The number of aromatic carboxylic acids is 1. The molecule has 0 aliphatic rings. The van der Waals surface area contributed by atoms with E-state index in [1.165, 1.54) is 12.1 Å². The van der Waals surface area contributed by atoms with Crippen LogP contribution in [0.5, 0.6) is 0 Å². The second-order valence-corrected chi connectivity index (χ2v) is 5.44. The lowest BCUT2D eigenvalue weighted by Crippen LogP contribution is -2.14. The number of anilines is 2. The molecule has 7 heteroatoms. The van der Waals surface area contributed by atoms with E-state index in [4.69, 9.17) is 5.11 Å². The quantitative estimate of drug-likeness (QED) is 0.675. The number of benzene rings is 1. The third-order valence-electron chi connectivity index (χ3n) is 3.24. The van der Waals surface area contributed by atoms with Crippen molar-refractivity contribution in [3.05, 3.63) is 47.3 Å². The topological polar surface area (TPSA) is 104 Å². The maximum atomic E-state index is 11.9. The number of carbonyl (C=O) groups is 2. The van der Waals surface area contributed by atoms with E-state index in [-0.39, 0.29) is 11.5 Å². The minimum Gasteiger partial charge on any atom is -0.478 e. The number of amides is 1. The lowest BCUT2D eigenvalue weighted by molar-refractivity contribution is -0.116. The first-order chi connectivity index (χ1) is 11.4. The highest BCUT2D eigenvalue weighted by Crippen LogP contribution is 2.11. The minimum atomic E-state index is -1.02. The molecule has 24 heavy (non-hydrogen) atoms. The minimum absolute atomic E-state index is 0.140. The molecule has 0 aliphatic carbocycles. The molecule has 1 heterocycles. The molecule has 0 radical (unpaired) electrons. The van der Waals surface area contributed by atoms with E-state index in [1.54, 1.807) is 12.1 Å². The zero-order valence-corrected chi connectivity index (χ0v) is 13.7. The Morgan fingerprint density at radius 3 is 2.50 bits per heavy atom. The highest BCUT2D eigenvalue weighted by atomic mass is 16.4. The van der Waals surface area contributed by atoms with E-state index in [0.29, 0.717) is 31.0 Å². The molecule has 0 aliphatic heterocycles. The number of nitrogens with one attached hydrogen (secondary N) is 2. The van der Waals surface area contributed by atoms with Crippen LogP contribution in [0.15, 0.2) is 30.3 Å². The summed E-state index contributed by atoms with van der Waals surface area (Å²) in [6, 6.07) is 8.06. The van der Waals surface area contributed by atoms with Crippen LogP contribution in [-0.2, 0) is 4.79 Å². The fraction of sp³-hybridized carbons (Fsp3) is 0.294. The number of aryl methyl sites for hydroxylation is 2. The van der Waals surface area contributed by atoms with Gasteiger partial charge in [-0.2, -0.15) is 0 Å². The van der Waals surface area contributed by atoms with E-state index in [2.05, 4.69) is 20.6 Å². The number of aromatic nitrogens is 2. The van der Waals surface area contributed by atoms with E-state index in [0.717, 1.165) is 11.4 Å². The number of hydrogen-bond acceptors (Lipinski definition) is 5. The van der Waals surface area contributed by atoms with E-state index < -0.39 is 5.97 Å². The second-order valence-electron chi connectivity index (χ2n) is 5.44. The number of carboxylic acid groups (broad SMARTS) is 1. The van der Waals surface area contributed by atoms with Crippen LogP contribution in [0, 0.1) is 13.8 Å². The molecule has 0 bridgehead atoms. The molecule has 126 valence electrons. The van der Waals surface area contributed by atoms with Crippen molar-refractivity contribution in [2.45, 2.75) is 26.7 Å². The van der Waals surface area contributed by atoms with Gasteiger partial charge in [0.25, 0.3) is 0 Å². The van der Waals surface area contributed by atoms with Crippen LogP contribution in [0.1, 0.15) is 34.6 Å². The Bertz CT molecular complexity index is 726. The van der Waals surface area contributed by atoms with Gasteiger partial charge >= 0.3 is 5.97 Å². The molecule has 2 aromatic rings. The van der Waals surface area contributed by atoms with Gasteiger partial charge in [0, 0.05) is 30.0 Å². The molecule has 3 N–H and O–H groups in total. The molecule has 1 aromatic carbocycles. The molecule has 0 unspecified atom stereocenters. The standard InChI is InChI=1S/C17H20N4O3/c1-11-9-12(2)20-17(19-11)18-8-4-7-15(22)21-14-6-3-5-13(10-14)16(23)24/h3,5-6,9-10H,4,7-8H2,1-2H3,(H,21,22)(H,23,24)(H,18,19,20). The Labute approximate surface area is 140 Å². The van der Waals surface area contributed by atoms with Gasteiger partial charge in [0.1, 0.15) is 0 Å². The van der Waals surface area contributed by atoms with Crippen LogP contribution >= 0.6 is 0 Å². The second kappa shape index (κ2) is 8.05. The van der Waals surface area contributed by atoms with Gasteiger partial charge in [-0.3, -0.25) is 4.79 Å². The molecule has 0 saturated carbocycles. The molecule has 2 rings (SSSR count). The molecule has 7 nitrogen and oxygen atoms in total. The third kappa shape index (κ3) is 5.35. The van der Waals surface area contributed by atoms with Crippen molar-refractivity contribution in [3.63, 3.8) is 0 Å². The number of hydrogen-bond donors (Lipinski definition) is 3. The first-order valence-corrected chi connectivity index (χ1v) is 7.63. The van der Waals surface area contributed by atoms with Gasteiger partial charge in [0.15, 0.2) is 0 Å². The first-order valence-electron chi connectivity index (χ1n) is 7.63. The number of nitrogens with zero attached hydrogens (tertiary/aromatic N) is 2. The highest BCUT2D eigenvalue weighted by Gasteiger charge is 2.06. The summed E-state index contributed by atoms with van der Waals surface area (Å²) in [5, 5.41) is 14.7. The van der Waals surface area contributed by atoms with Gasteiger partial charge < -0.3 is 15.7 Å². The van der Waals surface area contributed by atoms with Crippen LogP contribution in [0.2, 0.25) is 0 Å². The van der Waals surface area contributed by atoms with Gasteiger partial charge in [0.2, 0.25) is 11.9 Å². The smallest absolute Gasteiger partial charge is 0.335 e. The van der Waals surface area contributed by atoms with Crippen molar-refractivity contribution >= 4 is 23.5 Å². The van der Waals surface area contributed by atoms with Crippen LogP contribution < -0.4 is 10.6 Å². The maximum absolute atomic E-state index is 11.9. The molecule has 0 atom stereocenters. The monoisotopic (exact) mass is 328 g/mol. The summed E-state index contributed by atoms with van der Waals surface area (Å²) in [7, 11) is 0. The third-order valence-corrected chi connectivity index (χ3v) is 3.24. The van der Waals surface area contributed by atoms with E-state index in [1.807, 2.05) is 19.9 Å². The van der Waals surface area contributed by atoms with Crippen LogP contribution in [0.3, 0.4) is 0 Å². The fourth-order valence-corrected chi connectivity index (χ4v) is 2.21. The van der Waals surface area contributed by atoms with Crippen molar-refractivity contribution < 1.29 is 14.7 Å². The van der Waals surface area contributed by atoms with E-state index >= 15 is 0 Å². The summed E-state index contributed by atoms with van der Waals surface area (Å²) in [5.41, 5.74) is 2.40. The molecule has 0 spiro atoms. The Morgan fingerprint density at radius 1 is 1.12 bits per heavy atom. The van der Waals surface area contributed by atoms with Gasteiger partial charge in [-0.1, -0.05) is 6.07 Å². The predicted molar refractivity (Wildman–Crippen MR) is 91.3 cm³/mol. The lowest BCUT2D eigenvalue weighted by Gasteiger charge is -2.08. The Balaban J connectivity index is 1.77. The maximum Gasteiger partial charge on any atom is 0.335 e. The largest absolute Gasteiger partial charge is 0.478 e. The summed E-state index contributed by atoms with van der Waals surface area (Å²) in [4.78, 5) is 31.3. The average molecular weight is 328 g/mol. The molecule has 1 amide bonds. The number of rotatable bonds is 7. The summed E-state index contributed by atoms with van der Waals surface area (Å²) < 4.78 is 0. The van der Waals surface area contributed by atoms with Gasteiger partial charge in [-0.25, -0.2) is 14.8 Å². The van der Waals surface area contributed by atoms with E-state index in [9.17, 15) is 9.59 Å². The molecular formula is C17H20N4O3. The van der Waals surface area contributed by atoms with Crippen molar-refractivity contribution in [2.24, 2.45) is 0 Å². The SMILES string of the molecule is Cc1cc(C)nc(NCCCC(=O)Nc2cccc(C(=O)O)c2)n1. The normalized spacial score (nSPS) is 10.2. The summed E-state index contributed by atoms with van der Waals surface area (Å²) in [6.45, 7) is 4.38. The highest BCUT2D eigenvalue weighted by molar-refractivity contribution is 5.93. The van der Waals surface area contributed by atoms with Crippen molar-refractivity contribution in [3.8, 4) is 0 Å². The van der Waals surface area contributed by atoms with Gasteiger partial charge in [-0.15, -0.1) is 0 Å². The molecule has 0 fully saturated rings. The molecular weight excluding hydrogens is 308 g/mol. The molecule has 1 aromatic heterocycles.